The van der Waals surface area contributed by atoms with Crippen molar-refractivity contribution in [3.05, 3.63) is 68.1 Å². The van der Waals surface area contributed by atoms with Gasteiger partial charge >= 0.3 is 0 Å². The minimum atomic E-state index is -0.271. The van der Waals surface area contributed by atoms with Crippen molar-refractivity contribution in [2.75, 3.05) is 13.1 Å². The van der Waals surface area contributed by atoms with Crippen LogP contribution in [0.5, 0.6) is 0 Å². The number of aromatic amines is 1. The molecule has 1 aromatic heterocycles. The number of likely N-dealkylation sites (tertiary alicyclic amines) is 1. The summed E-state index contributed by atoms with van der Waals surface area (Å²) in [6.45, 7) is 2.63. The second-order valence-electron chi connectivity index (χ2n) is 7.90. The van der Waals surface area contributed by atoms with E-state index in [1.807, 2.05) is 24.3 Å². The van der Waals surface area contributed by atoms with Crippen LogP contribution in [0.3, 0.4) is 0 Å². The molecular weight excluding hydrogens is 374 g/mol. The van der Waals surface area contributed by atoms with E-state index in [1.165, 1.54) is 5.56 Å². The predicted molar refractivity (Wildman–Crippen MR) is 111 cm³/mol. The molecule has 0 saturated carbocycles. The molecule has 1 fully saturated rings. The van der Waals surface area contributed by atoms with E-state index >= 15 is 0 Å². The van der Waals surface area contributed by atoms with Crippen LogP contribution < -0.4 is 10.9 Å². The number of nitrogens with one attached hydrogen (secondary N) is 2. The fourth-order valence-corrected chi connectivity index (χ4v) is 4.40. The molecule has 1 aliphatic heterocycles. The number of pyridine rings is 1. The first kappa shape index (κ1) is 19.2. The van der Waals surface area contributed by atoms with Crippen molar-refractivity contribution in [2.24, 2.45) is 0 Å². The van der Waals surface area contributed by atoms with E-state index < -0.39 is 0 Å². The van der Waals surface area contributed by atoms with Crippen LogP contribution in [-0.2, 0) is 19.4 Å². The second-order valence-corrected chi connectivity index (χ2v) is 8.33. The number of aromatic nitrogens is 1. The number of fused-ring (bicyclic) bond motifs is 1. The lowest BCUT2D eigenvalue weighted by atomic mass is 9.95. The average molecular weight is 400 g/mol. The summed E-state index contributed by atoms with van der Waals surface area (Å²) in [5, 5.41) is 3.82. The minimum Gasteiger partial charge on any atom is -0.348 e. The summed E-state index contributed by atoms with van der Waals surface area (Å²) in [6, 6.07) is 9.75. The van der Waals surface area contributed by atoms with E-state index in [4.69, 9.17) is 11.6 Å². The number of hydrogen-bond donors (Lipinski definition) is 2. The van der Waals surface area contributed by atoms with Crippen LogP contribution in [0.2, 0.25) is 5.02 Å². The number of piperidine rings is 1. The summed E-state index contributed by atoms with van der Waals surface area (Å²) >= 11 is 5.96. The molecule has 1 atom stereocenters. The van der Waals surface area contributed by atoms with E-state index in [1.54, 1.807) is 6.07 Å². The molecule has 2 aliphatic rings. The van der Waals surface area contributed by atoms with Crippen LogP contribution in [0.4, 0.5) is 0 Å². The van der Waals surface area contributed by atoms with Gasteiger partial charge in [-0.25, -0.2) is 0 Å². The zero-order chi connectivity index (χ0) is 19.5. The third kappa shape index (κ3) is 4.47. The molecule has 0 radical (unpaired) electrons. The number of amides is 1. The van der Waals surface area contributed by atoms with Crippen molar-refractivity contribution in [1.29, 1.82) is 0 Å². The Morgan fingerprint density at radius 3 is 2.79 bits per heavy atom. The van der Waals surface area contributed by atoms with Crippen molar-refractivity contribution >= 4 is 17.5 Å². The third-order valence-corrected chi connectivity index (χ3v) is 5.99. The Kier molecular flexibility index (Phi) is 5.83. The summed E-state index contributed by atoms with van der Waals surface area (Å²) in [5.74, 6) is -0.257. The van der Waals surface area contributed by atoms with Gasteiger partial charge in [0.15, 0.2) is 0 Å². The molecule has 2 N–H and O–H groups in total. The van der Waals surface area contributed by atoms with Gasteiger partial charge in [0.1, 0.15) is 5.56 Å². The maximum atomic E-state index is 12.8. The van der Waals surface area contributed by atoms with Gasteiger partial charge in [-0.3, -0.25) is 14.5 Å². The number of nitrogens with zero attached hydrogens (tertiary/aromatic N) is 1. The van der Waals surface area contributed by atoms with E-state index in [0.717, 1.165) is 74.4 Å². The van der Waals surface area contributed by atoms with Gasteiger partial charge in [-0.15, -0.1) is 0 Å². The smallest absolute Gasteiger partial charge is 0.261 e. The molecule has 148 valence electrons. The summed E-state index contributed by atoms with van der Waals surface area (Å²) in [6.07, 6.45) is 6.01. The largest absolute Gasteiger partial charge is 0.348 e. The van der Waals surface area contributed by atoms with Gasteiger partial charge in [-0.2, -0.15) is 0 Å². The first-order valence-corrected chi connectivity index (χ1v) is 10.5. The Balaban J connectivity index is 1.40. The topological polar surface area (TPSA) is 65.2 Å². The lowest BCUT2D eigenvalue weighted by Crippen LogP contribution is -2.48. The van der Waals surface area contributed by atoms with E-state index in [9.17, 15) is 9.59 Å². The lowest BCUT2D eigenvalue weighted by Gasteiger charge is -2.33. The highest BCUT2D eigenvalue weighted by atomic mass is 35.5. The molecule has 1 saturated heterocycles. The number of hydrogen-bond acceptors (Lipinski definition) is 3. The number of H-pyrrole nitrogens is 1. The Bertz CT molecular complexity index is 907. The Labute approximate surface area is 170 Å². The Morgan fingerprint density at radius 2 is 1.96 bits per heavy atom. The summed E-state index contributed by atoms with van der Waals surface area (Å²) in [4.78, 5) is 30.4. The summed E-state index contributed by atoms with van der Waals surface area (Å²) in [5.41, 5.74) is 3.30. The number of halogens is 1. The molecule has 5 nitrogen and oxygen atoms in total. The molecule has 0 spiro atoms. The molecule has 1 aliphatic carbocycles. The van der Waals surface area contributed by atoms with E-state index in [-0.39, 0.29) is 23.1 Å². The minimum absolute atomic E-state index is 0.0592. The van der Waals surface area contributed by atoms with Gasteiger partial charge in [0.2, 0.25) is 0 Å². The highest BCUT2D eigenvalue weighted by Crippen LogP contribution is 2.19. The van der Waals surface area contributed by atoms with Gasteiger partial charge in [0, 0.05) is 29.8 Å². The molecule has 6 heteroatoms. The number of carbonyl (C=O) groups excluding carboxylic acids is 1. The average Bonchev–Trinajstić information content (AvgIpc) is 2.69. The first-order chi connectivity index (χ1) is 13.6. The fourth-order valence-electron chi connectivity index (χ4n) is 4.27. The van der Waals surface area contributed by atoms with Crippen LogP contribution in [0.15, 0.2) is 35.1 Å². The van der Waals surface area contributed by atoms with Crippen LogP contribution in [0, 0.1) is 0 Å². The Morgan fingerprint density at radius 1 is 1.18 bits per heavy atom. The van der Waals surface area contributed by atoms with Crippen molar-refractivity contribution in [3.8, 4) is 0 Å². The van der Waals surface area contributed by atoms with Crippen molar-refractivity contribution in [2.45, 2.75) is 51.1 Å². The maximum absolute atomic E-state index is 12.8. The van der Waals surface area contributed by atoms with Crippen LogP contribution in [0.1, 0.15) is 52.9 Å². The standard InChI is InChI=1S/C22H26ClN3O2/c23-17-9-7-15(8-10-17)13-26-11-3-5-18(14-26)24-21(27)19-12-16-4-1-2-6-20(16)25-22(19)28/h7-10,12,18H,1-6,11,13-14H2,(H,24,27)(H,25,28). The SMILES string of the molecule is O=C(NC1CCCN(Cc2ccc(Cl)cc2)C1)c1cc2c([nH]c1=O)CCCC2. The molecule has 1 amide bonds. The number of carbonyl (C=O) groups is 1. The second kappa shape index (κ2) is 8.50. The maximum Gasteiger partial charge on any atom is 0.261 e. The predicted octanol–water partition coefficient (Wildman–Crippen LogP) is 3.30. The van der Waals surface area contributed by atoms with E-state index in [2.05, 4.69) is 15.2 Å². The number of rotatable bonds is 4. The van der Waals surface area contributed by atoms with Crippen molar-refractivity contribution in [1.82, 2.24) is 15.2 Å². The normalized spacial score (nSPS) is 19.8. The van der Waals surface area contributed by atoms with Gasteiger partial charge in [0.25, 0.3) is 11.5 Å². The van der Waals surface area contributed by atoms with Gasteiger partial charge in [0.05, 0.1) is 0 Å². The van der Waals surface area contributed by atoms with Crippen LogP contribution >= 0.6 is 11.6 Å². The molecule has 1 unspecified atom stereocenters. The molecule has 4 rings (SSSR count). The fraction of sp³-hybridized carbons (Fsp3) is 0.455. The van der Waals surface area contributed by atoms with Crippen molar-refractivity contribution in [3.63, 3.8) is 0 Å². The first-order valence-electron chi connectivity index (χ1n) is 10.1. The zero-order valence-electron chi connectivity index (χ0n) is 16.0. The lowest BCUT2D eigenvalue weighted by molar-refractivity contribution is 0.0899. The zero-order valence-corrected chi connectivity index (χ0v) is 16.7. The van der Waals surface area contributed by atoms with Crippen molar-refractivity contribution < 1.29 is 4.79 Å². The molecular formula is C22H26ClN3O2. The molecule has 28 heavy (non-hydrogen) atoms. The molecule has 0 bridgehead atoms. The third-order valence-electron chi connectivity index (χ3n) is 5.74. The number of aryl methyl sites for hydroxylation is 2. The number of benzene rings is 1. The molecule has 2 aromatic rings. The summed E-state index contributed by atoms with van der Waals surface area (Å²) in [7, 11) is 0. The molecule has 1 aromatic carbocycles. The highest BCUT2D eigenvalue weighted by Gasteiger charge is 2.24. The van der Waals surface area contributed by atoms with Crippen LogP contribution in [0.25, 0.3) is 0 Å². The monoisotopic (exact) mass is 399 g/mol. The summed E-state index contributed by atoms with van der Waals surface area (Å²) < 4.78 is 0. The van der Waals surface area contributed by atoms with Crippen LogP contribution in [-0.4, -0.2) is 34.9 Å². The van der Waals surface area contributed by atoms with Gasteiger partial charge < -0.3 is 10.3 Å². The van der Waals surface area contributed by atoms with Gasteiger partial charge in [-0.05, 0) is 74.4 Å². The quantitative estimate of drug-likeness (QED) is 0.829. The Hall–Kier alpha value is -2.11. The van der Waals surface area contributed by atoms with Gasteiger partial charge in [-0.1, -0.05) is 23.7 Å². The van der Waals surface area contributed by atoms with E-state index in [0.29, 0.717) is 0 Å². The highest BCUT2D eigenvalue weighted by molar-refractivity contribution is 6.30. The molecule has 2 heterocycles.